The highest BCUT2D eigenvalue weighted by atomic mass is 16.6. The van der Waals surface area contributed by atoms with Crippen LogP contribution in [-0.2, 0) is 14.3 Å². The van der Waals surface area contributed by atoms with Gasteiger partial charge in [0.15, 0.2) is 13.2 Å². The van der Waals surface area contributed by atoms with Crippen LogP contribution in [0.15, 0.2) is 24.3 Å². The van der Waals surface area contributed by atoms with Gasteiger partial charge in [0.1, 0.15) is 5.75 Å². The molecule has 122 valence electrons. The minimum Gasteiger partial charge on any atom is -0.482 e. The summed E-state index contributed by atoms with van der Waals surface area (Å²) in [6.07, 6.45) is 0. The molecule has 0 bridgehead atoms. The van der Waals surface area contributed by atoms with E-state index in [1.807, 2.05) is 45.0 Å². The van der Waals surface area contributed by atoms with Gasteiger partial charge in [0, 0.05) is 5.54 Å². The summed E-state index contributed by atoms with van der Waals surface area (Å²) in [6, 6.07) is 7.55. The van der Waals surface area contributed by atoms with E-state index >= 15 is 0 Å². The molecule has 5 heteroatoms. The first-order chi connectivity index (χ1) is 10.2. The molecule has 0 spiro atoms. The lowest BCUT2D eigenvalue weighted by Gasteiger charge is -2.20. The summed E-state index contributed by atoms with van der Waals surface area (Å²) in [4.78, 5) is 23.0. The topological polar surface area (TPSA) is 64.6 Å². The maximum Gasteiger partial charge on any atom is 0.344 e. The Morgan fingerprint density at radius 1 is 1.09 bits per heavy atom. The maximum atomic E-state index is 11.5. The fourth-order valence-corrected chi connectivity index (χ4v) is 1.73. The number of amides is 1. The number of nitrogens with one attached hydrogen (secondary N) is 1. The molecule has 1 rings (SSSR count). The fraction of sp³-hybridized carbons (Fsp3) is 0.529. The van der Waals surface area contributed by atoms with Crippen molar-refractivity contribution in [3.63, 3.8) is 0 Å². The molecular formula is C17H25NO4. The molecule has 0 aromatic heterocycles. The van der Waals surface area contributed by atoms with E-state index in [-0.39, 0.29) is 24.7 Å². The molecule has 0 atom stereocenters. The molecule has 22 heavy (non-hydrogen) atoms. The summed E-state index contributed by atoms with van der Waals surface area (Å²) >= 11 is 0. The molecule has 1 amide bonds. The highest BCUT2D eigenvalue weighted by Gasteiger charge is 2.15. The molecule has 5 nitrogen and oxygen atoms in total. The molecule has 0 saturated carbocycles. The quantitative estimate of drug-likeness (QED) is 0.821. The van der Waals surface area contributed by atoms with Gasteiger partial charge in [-0.05, 0) is 44.4 Å². The zero-order valence-corrected chi connectivity index (χ0v) is 13.9. The summed E-state index contributed by atoms with van der Waals surface area (Å²) in [6.45, 7) is 9.27. The van der Waals surface area contributed by atoms with Crippen LogP contribution in [0.5, 0.6) is 5.75 Å². The van der Waals surface area contributed by atoms with Crippen LogP contribution < -0.4 is 10.1 Å². The SMILES string of the molecule is CC(C)c1ccc(OCC(=O)OCC(=O)NC(C)(C)C)cc1. The number of carbonyl (C=O) groups excluding carboxylic acids is 2. The Balaban J connectivity index is 2.32. The molecule has 0 aliphatic carbocycles. The summed E-state index contributed by atoms with van der Waals surface area (Å²) in [5.41, 5.74) is 0.854. The van der Waals surface area contributed by atoms with E-state index in [1.54, 1.807) is 0 Å². The Morgan fingerprint density at radius 2 is 1.68 bits per heavy atom. The normalized spacial score (nSPS) is 11.2. The molecule has 0 aliphatic rings. The third-order valence-electron chi connectivity index (χ3n) is 2.78. The van der Waals surface area contributed by atoms with E-state index in [9.17, 15) is 9.59 Å². The van der Waals surface area contributed by atoms with Gasteiger partial charge >= 0.3 is 5.97 Å². The summed E-state index contributed by atoms with van der Waals surface area (Å²) in [7, 11) is 0. The van der Waals surface area contributed by atoms with Crippen molar-refractivity contribution < 1.29 is 19.1 Å². The lowest BCUT2D eigenvalue weighted by atomic mass is 10.0. The second-order valence-electron chi connectivity index (χ2n) is 6.47. The predicted molar refractivity (Wildman–Crippen MR) is 84.9 cm³/mol. The molecule has 0 radical (unpaired) electrons. The van der Waals surface area contributed by atoms with E-state index in [0.29, 0.717) is 11.7 Å². The predicted octanol–water partition coefficient (Wildman–Crippen LogP) is 2.65. The first-order valence-corrected chi connectivity index (χ1v) is 7.37. The summed E-state index contributed by atoms with van der Waals surface area (Å²) in [5.74, 6) is 0.139. The second-order valence-corrected chi connectivity index (χ2v) is 6.47. The molecule has 1 aromatic rings. The molecular weight excluding hydrogens is 282 g/mol. The largest absolute Gasteiger partial charge is 0.482 e. The van der Waals surface area contributed by atoms with Crippen molar-refractivity contribution in [2.45, 2.75) is 46.1 Å². The van der Waals surface area contributed by atoms with E-state index in [2.05, 4.69) is 19.2 Å². The van der Waals surface area contributed by atoms with Crippen LogP contribution in [0.1, 0.15) is 46.1 Å². The van der Waals surface area contributed by atoms with Gasteiger partial charge in [0.05, 0.1) is 0 Å². The zero-order valence-electron chi connectivity index (χ0n) is 13.9. The van der Waals surface area contributed by atoms with Crippen molar-refractivity contribution >= 4 is 11.9 Å². The molecule has 0 aliphatic heterocycles. The van der Waals surface area contributed by atoms with Crippen LogP contribution in [-0.4, -0.2) is 30.6 Å². The van der Waals surface area contributed by atoms with Crippen LogP contribution in [0.25, 0.3) is 0 Å². The van der Waals surface area contributed by atoms with Gasteiger partial charge in [-0.15, -0.1) is 0 Å². The third-order valence-corrected chi connectivity index (χ3v) is 2.78. The highest BCUT2D eigenvalue weighted by Crippen LogP contribution is 2.18. The van der Waals surface area contributed by atoms with Gasteiger partial charge in [0.2, 0.25) is 0 Å². The number of hydrogen-bond acceptors (Lipinski definition) is 4. The van der Waals surface area contributed by atoms with E-state index in [4.69, 9.17) is 9.47 Å². The van der Waals surface area contributed by atoms with Crippen molar-refractivity contribution in [2.24, 2.45) is 0 Å². The molecule has 0 fully saturated rings. The molecule has 0 saturated heterocycles. The molecule has 0 unspecified atom stereocenters. The van der Waals surface area contributed by atoms with Crippen molar-refractivity contribution in [1.82, 2.24) is 5.32 Å². The second kappa shape index (κ2) is 7.82. The van der Waals surface area contributed by atoms with Crippen LogP contribution in [0.2, 0.25) is 0 Å². The Labute approximate surface area is 132 Å². The van der Waals surface area contributed by atoms with Crippen LogP contribution >= 0.6 is 0 Å². The summed E-state index contributed by atoms with van der Waals surface area (Å²) in [5, 5.41) is 2.71. The van der Waals surface area contributed by atoms with Crippen molar-refractivity contribution in [3.05, 3.63) is 29.8 Å². The average molecular weight is 307 g/mol. The Hall–Kier alpha value is -2.04. The minimum atomic E-state index is -0.572. The number of carbonyl (C=O) groups is 2. The maximum absolute atomic E-state index is 11.5. The average Bonchev–Trinajstić information content (AvgIpc) is 2.41. The first-order valence-electron chi connectivity index (χ1n) is 7.37. The first kappa shape index (κ1) is 18.0. The standard InChI is InChI=1S/C17H25NO4/c1-12(2)13-6-8-14(9-7-13)21-11-16(20)22-10-15(19)18-17(3,4)5/h6-9,12H,10-11H2,1-5H3,(H,18,19). The Morgan fingerprint density at radius 3 is 2.18 bits per heavy atom. The van der Waals surface area contributed by atoms with Gasteiger partial charge in [-0.3, -0.25) is 4.79 Å². The minimum absolute atomic E-state index is 0.218. The van der Waals surface area contributed by atoms with Gasteiger partial charge in [-0.1, -0.05) is 26.0 Å². The number of rotatable bonds is 6. The van der Waals surface area contributed by atoms with E-state index in [1.165, 1.54) is 5.56 Å². The third kappa shape index (κ3) is 7.11. The number of esters is 1. The van der Waals surface area contributed by atoms with Crippen LogP contribution in [0.3, 0.4) is 0 Å². The van der Waals surface area contributed by atoms with Gasteiger partial charge in [-0.2, -0.15) is 0 Å². The van der Waals surface area contributed by atoms with Crippen LogP contribution in [0, 0.1) is 0 Å². The smallest absolute Gasteiger partial charge is 0.344 e. The summed E-state index contributed by atoms with van der Waals surface area (Å²) < 4.78 is 10.2. The Kier molecular flexibility index (Phi) is 6.40. The number of ether oxygens (including phenoxy) is 2. The number of benzene rings is 1. The van der Waals surface area contributed by atoms with Gasteiger partial charge in [-0.25, -0.2) is 4.79 Å². The molecule has 1 N–H and O–H groups in total. The van der Waals surface area contributed by atoms with Crippen molar-refractivity contribution in [1.29, 1.82) is 0 Å². The highest BCUT2D eigenvalue weighted by molar-refractivity contribution is 5.81. The fourth-order valence-electron chi connectivity index (χ4n) is 1.73. The molecule has 0 heterocycles. The lowest BCUT2D eigenvalue weighted by molar-refractivity contribution is -0.150. The van der Waals surface area contributed by atoms with Crippen LogP contribution in [0.4, 0.5) is 0 Å². The van der Waals surface area contributed by atoms with Gasteiger partial charge in [0.25, 0.3) is 5.91 Å². The number of hydrogen-bond donors (Lipinski definition) is 1. The van der Waals surface area contributed by atoms with Crippen molar-refractivity contribution in [3.8, 4) is 5.75 Å². The van der Waals surface area contributed by atoms with E-state index in [0.717, 1.165) is 0 Å². The Bertz CT molecular complexity index is 500. The van der Waals surface area contributed by atoms with Crippen molar-refractivity contribution in [2.75, 3.05) is 13.2 Å². The van der Waals surface area contributed by atoms with E-state index < -0.39 is 5.97 Å². The lowest BCUT2D eigenvalue weighted by Crippen LogP contribution is -2.43. The zero-order chi connectivity index (χ0) is 16.8. The molecule has 1 aromatic carbocycles. The monoisotopic (exact) mass is 307 g/mol. The van der Waals surface area contributed by atoms with Gasteiger partial charge < -0.3 is 14.8 Å².